The van der Waals surface area contributed by atoms with E-state index in [0.717, 1.165) is 30.3 Å². The minimum absolute atomic E-state index is 0.760. The molecule has 2 fully saturated rings. The van der Waals surface area contributed by atoms with Crippen LogP contribution in [0.3, 0.4) is 0 Å². The fourth-order valence-electron chi connectivity index (χ4n) is 3.70. The summed E-state index contributed by atoms with van der Waals surface area (Å²) in [5.41, 5.74) is 5.79. The van der Waals surface area contributed by atoms with E-state index in [2.05, 4.69) is 18.7 Å². The fourth-order valence-corrected chi connectivity index (χ4v) is 3.70. The topological polar surface area (TPSA) is 29.3 Å². The van der Waals surface area contributed by atoms with Crippen LogP contribution in [0.25, 0.3) is 0 Å². The van der Waals surface area contributed by atoms with Gasteiger partial charge in [0.05, 0.1) is 0 Å². The summed E-state index contributed by atoms with van der Waals surface area (Å²) in [6.07, 6.45) is 7.14. The van der Waals surface area contributed by atoms with Gasteiger partial charge in [0.15, 0.2) is 0 Å². The molecule has 1 saturated heterocycles. The minimum Gasteiger partial charge on any atom is -0.330 e. The van der Waals surface area contributed by atoms with Crippen molar-refractivity contribution in [3.63, 3.8) is 0 Å². The molecule has 0 aromatic heterocycles. The molecule has 1 aliphatic heterocycles. The van der Waals surface area contributed by atoms with Crippen molar-refractivity contribution in [2.24, 2.45) is 23.5 Å². The number of hydrogen-bond donors (Lipinski definition) is 1. The molecular formula is C14H28N2. The van der Waals surface area contributed by atoms with E-state index in [1.807, 2.05) is 0 Å². The van der Waals surface area contributed by atoms with E-state index in [1.165, 1.54) is 45.2 Å². The Bertz CT molecular complexity index is 217. The molecule has 0 radical (unpaired) electrons. The van der Waals surface area contributed by atoms with Crippen molar-refractivity contribution in [2.45, 2.75) is 52.0 Å². The maximum atomic E-state index is 5.79. The van der Waals surface area contributed by atoms with Crippen molar-refractivity contribution in [2.75, 3.05) is 19.6 Å². The van der Waals surface area contributed by atoms with Crippen molar-refractivity contribution >= 4 is 0 Å². The van der Waals surface area contributed by atoms with Crippen molar-refractivity contribution in [3.8, 4) is 0 Å². The summed E-state index contributed by atoms with van der Waals surface area (Å²) in [5, 5.41) is 0. The highest BCUT2D eigenvalue weighted by molar-refractivity contribution is 4.85. The Kier molecular flexibility index (Phi) is 4.26. The molecule has 0 aromatic carbocycles. The molecule has 2 N–H and O–H groups in total. The summed E-state index contributed by atoms with van der Waals surface area (Å²) in [6.45, 7) is 8.26. The van der Waals surface area contributed by atoms with E-state index >= 15 is 0 Å². The summed E-state index contributed by atoms with van der Waals surface area (Å²) in [5.74, 6) is 2.68. The lowest BCUT2D eigenvalue weighted by molar-refractivity contribution is 0.173. The van der Waals surface area contributed by atoms with Gasteiger partial charge < -0.3 is 10.6 Å². The highest BCUT2D eigenvalue weighted by Gasteiger charge is 2.30. The normalized spacial score (nSPS) is 41.4. The van der Waals surface area contributed by atoms with E-state index in [9.17, 15) is 0 Å². The van der Waals surface area contributed by atoms with E-state index in [-0.39, 0.29) is 0 Å². The molecule has 0 spiro atoms. The third-order valence-corrected chi connectivity index (χ3v) is 4.66. The van der Waals surface area contributed by atoms with Gasteiger partial charge in [-0.15, -0.1) is 0 Å². The van der Waals surface area contributed by atoms with Crippen LogP contribution in [0.1, 0.15) is 46.0 Å². The van der Waals surface area contributed by atoms with Crippen LogP contribution < -0.4 is 5.73 Å². The Morgan fingerprint density at radius 3 is 2.56 bits per heavy atom. The maximum absolute atomic E-state index is 5.79. The second-order valence-corrected chi connectivity index (χ2v) is 6.28. The summed E-state index contributed by atoms with van der Waals surface area (Å²) >= 11 is 0. The van der Waals surface area contributed by atoms with Crippen LogP contribution in [-0.4, -0.2) is 30.6 Å². The van der Waals surface area contributed by atoms with Gasteiger partial charge in [-0.2, -0.15) is 0 Å². The first-order chi connectivity index (χ1) is 7.69. The lowest BCUT2D eigenvalue weighted by atomic mass is 9.82. The highest BCUT2D eigenvalue weighted by atomic mass is 15.2. The molecule has 1 heterocycles. The van der Waals surface area contributed by atoms with E-state index in [4.69, 9.17) is 5.73 Å². The second-order valence-electron chi connectivity index (χ2n) is 6.28. The van der Waals surface area contributed by atoms with E-state index in [1.54, 1.807) is 0 Å². The molecule has 1 aliphatic carbocycles. The van der Waals surface area contributed by atoms with E-state index < -0.39 is 0 Å². The minimum atomic E-state index is 0.760. The van der Waals surface area contributed by atoms with Crippen LogP contribution in [0.5, 0.6) is 0 Å². The van der Waals surface area contributed by atoms with Crippen LogP contribution in [0, 0.1) is 17.8 Å². The summed E-state index contributed by atoms with van der Waals surface area (Å²) in [7, 11) is 0. The Balaban J connectivity index is 1.80. The molecular weight excluding hydrogens is 196 g/mol. The third-order valence-electron chi connectivity index (χ3n) is 4.66. The molecule has 0 bridgehead atoms. The number of likely N-dealkylation sites (tertiary alicyclic amines) is 1. The first kappa shape index (κ1) is 12.4. The van der Waals surface area contributed by atoms with Crippen molar-refractivity contribution in [1.29, 1.82) is 0 Å². The lowest BCUT2D eigenvalue weighted by Gasteiger charge is -2.32. The Hall–Kier alpha value is -0.0800. The summed E-state index contributed by atoms with van der Waals surface area (Å²) in [6, 6.07) is 0.769. The zero-order valence-corrected chi connectivity index (χ0v) is 11.0. The molecule has 1 saturated carbocycles. The van der Waals surface area contributed by atoms with Crippen molar-refractivity contribution in [3.05, 3.63) is 0 Å². The number of hydrogen-bond acceptors (Lipinski definition) is 2. The predicted molar refractivity (Wildman–Crippen MR) is 69.3 cm³/mol. The van der Waals surface area contributed by atoms with Gasteiger partial charge in [0.25, 0.3) is 0 Å². The number of nitrogens with zero attached hydrogens (tertiary/aromatic N) is 1. The van der Waals surface area contributed by atoms with Crippen LogP contribution in [-0.2, 0) is 0 Å². The smallest absolute Gasteiger partial charge is 0.00707 e. The van der Waals surface area contributed by atoms with Crippen LogP contribution in [0.2, 0.25) is 0 Å². The number of rotatable bonds is 3. The monoisotopic (exact) mass is 224 g/mol. The van der Waals surface area contributed by atoms with Crippen LogP contribution in [0.4, 0.5) is 0 Å². The number of nitrogens with two attached hydrogens (primary N) is 1. The molecule has 2 aliphatic rings. The van der Waals surface area contributed by atoms with Gasteiger partial charge in [0, 0.05) is 19.1 Å². The Labute approximate surface area is 101 Å². The van der Waals surface area contributed by atoms with Crippen molar-refractivity contribution in [1.82, 2.24) is 4.90 Å². The largest absolute Gasteiger partial charge is 0.330 e. The van der Waals surface area contributed by atoms with Gasteiger partial charge in [0.1, 0.15) is 0 Å². The molecule has 2 rings (SSSR count). The van der Waals surface area contributed by atoms with Gasteiger partial charge in [-0.1, -0.05) is 19.8 Å². The third kappa shape index (κ3) is 2.98. The molecule has 4 unspecified atom stereocenters. The standard InChI is InChI=1S/C14H28N2/c1-11-4-3-5-13(6-11)9-16-10-14(8-15)7-12(16)2/h11-14H,3-10,15H2,1-2H3. The zero-order chi connectivity index (χ0) is 11.5. The average Bonchev–Trinajstić information content (AvgIpc) is 2.60. The second kappa shape index (κ2) is 5.50. The SMILES string of the molecule is CC1CCCC(CN2CC(CN)CC2C)C1. The molecule has 16 heavy (non-hydrogen) atoms. The molecule has 2 nitrogen and oxygen atoms in total. The van der Waals surface area contributed by atoms with Gasteiger partial charge in [-0.3, -0.25) is 0 Å². The quantitative estimate of drug-likeness (QED) is 0.798. The van der Waals surface area contributed by atoms with Gasteiger partial charge in [-0.05, 0) is 50.5 Å². The van der Waals surface area contributed by atoms with E-state index in [0.29, 0.717) is 0 Å². The highest BCUT2D eigenvalue weighted by Crippen LogP contribution is 2.31. The molecule has 94 valence electrons. The van der Waals surface area contributed by atoms with Gasteiger partial charge in [-0.25, -0.2) is 0 Å². The Morgan fingerprint density at radius 2 is 1.94 bits per heavy atom. The first-order valence-electron chi connectivity index (χ1n) is 7.13. The molecule has 2 heteroatoms. The Morgan fingerprint density at radius 1 is 1.12 bits per heavy atom. The zero-order valence-electron chi connectivity index (χ0n) is 11.0. The molecule has 4 atom stereocenters. The summed E-state index contributed by atoms with van der Waals surface area (Å²) < 4.78 is 0. The predicted octanol–water partition coefficient (Wildman–Crippen LogP) is 2.48. The van der Waals surface area contributed by atoms with Gasteiger partial charge >= 0.3 is 0 Å². The summed E-state index contributed by atoms with van der Waals surface area (Å²) in [4.78, 5) is 2.69. The maximum Gasteiger partial charge on any atom is 0.00707 e. The average molecular weight is 224 g/mol. The fraction of sp³-hybridized carbons (Fsp3) is 1.00. The van der Waals surface area contributed by atoms with Crippen LogP contribution in [0.15, 0.2) is 0 Å². The lowest BCUT2D eigenvalue weighted by Crippen LogP contribution is -2.34. The van der Waals surface area contributed by atoms with Crippen molar-refractivity contribution < 1.29 is 0 Å². The van der Waals surface area contributed by atoms with Gasteiger partial charge in [0.2, 0.25) is 0 Å². The van der Waals surface area contributed by atoms with Crippen LogP contribution >= 0.6 is 0 Å². The molecule has 0 amide bonds. The first-order valence-corrected chi connectivity index (χ1v) is 7.13. The molecule has 0 aromatic rings.